The molecule has 2 heterocycles. The summed E-state index contributed by atoms with van der Waals surface area (Å²) < 4.78 is 47.5. The van der Waals surface area contributed by atoms with Crippen LogP contribution in [-0.4, -0.2) is 64.9 Å². The monoisotopic (exact) mass is 548 g/mol. The van der Waals surface area contributed by atoms with Gasteiger partial charge < -0.3 is 24.7 Å². The number of aromatic amines is 1. The molecule has 1 saturated heterocycles. The molecule has 2 atom stereocenters. The van der Waals surface area contributed by atoms with Crippen molar-refractivity contribution in [1.29, 1.82) is 0 Å². The third-order valence-electron chi connectivity index (χ3n) is 6.27. The molecule has 0 aliphatic carbocycles. The van der Waals surface area contributed by atoms with Gasteiger partial charge in [-0.25, -0.2) is 9.78 Å². The van der Waals surface area contributed by atoms with E-state index in [2.05, 4.69) is 24.8 Å². The number of H-pyrrole nitrogens is 1. The summed E-state index contributed by atoms with van der Waals surface area (Å²) in [6.45, 7) is 2.04. The number of methoxy groups -OCH3 is 1. The van der Waals surface area contributed by atoms with Gasteiger partial charge >= 0.3 is 12.5 Å². The maximum absolute atomic E-state index is 12.9. The van der Waals surface area contributed by atoms with Crippen LogP contribution >= 0.6 is 11.8 Å². The van der Waals surface area contributed by atoms with Crippen LogP contribution in [0, 0.1) is 6.92 Å². The number of halogens is 3. The highest BCUT2D eigenvalue weighted by Gasteiger charge is 2.37. The Kier molecular flexibility index (Phi) is 8.20. The number of ether oxygens (including phenoxy) is 2. The number of amides is 2. The first-order valence-corrected chi connectivity index (χ1v) is 13.0. The van der Waals surface area contributed by atoms with Gasteiger partial charge in [-0.1, -0.05) is 36.4 Å². The minimum absolute atomic E-state index is 0.182. The largest absolute Gasteiger partial charge is 0.573 e. The number of imidazole rings is 1. The second-order valence-corrected chi connectivity index (χ2v) is 9.95. The Hall–Kier alpha value is -3.67. The highest BCUT2D eigenvalue weighted by atomic mass is 32.2. The molecule has 2 aromatic carbocycles. The summed E-state index contributed by atoms with van der Waals surface area (Å²) >= 11 is 1.66. The van der Waals surface area contributed by atoms with Crippen LogP contribution in [0.3, 0.4) is 0 Å². The smallest absolute Gasteiger partial charge is 0.453 e. The van der Waals surface area contributed by atoms with Gasteiger partial charge in [-0.2, -0.15) is 11.8 Å². The number of nitrogens with one attached hydrogen (secondary N) is 2. The predicted octanol–water partition coefficient (Wildman–Crippen LogP) is 5.31. The lowest BCUT2D eigenvalue weighted by molar-refractivity contribution is -0.274. The molecule has 0 saturated carbocycles. The molecule has 0 radical (unpaired) electrons. The number of nitrogens with zero attached hydrogens (tertiary/aromatic N) is 2. The van der Waals surface area contributed by atoms with Crippen molar-refractivity contribution in [1.82, 2.24) is 20.2 Å². The minimum atomic E-state index is -4.80. The van der Waals surface area contributed by atoms with Crippen molar-refractivity contribution >= 4 is 23.8 Å². The van der Waals surface area contributed by atoms with E-state index in [1.165, 1.54) is 13.2 Å². The number of aromatic nitrogens is 2. The molecule has 3 aromatic rings. The lowest BCUT2D eigenvalue weighted by Crippen LogP contribution is -2.40. The predicted molar refractivity (Wildman–Crippen MR) is 138 cm³/mol. The summed E-state index contributed by atoms with van der Waals surface area (Å²) in [5, 5.41) is 2.64. The van der Waals surface area contributed by atoms with E-state index >= 15 is 0 Å². The summed E-state index contributed by atoms with van der Waals surface area (Å²) in [6, 6.07) is 11.4. The molecular weight excluding hydrogens is 521 g/mol. The zero-order valence-corrected chi connectivity index (χ0v) is 21.8. The molecule has 12 heteroatoms. The van der Waals surface area contributed by atoms with E-state index in [4.69, 9.17) is 0 Å². The maximum Gasteiger partial charge on any atom is 0.573 e. The quantitative estimate of drug-likeness (QED) is 0.415. The van der Waals surface area contributed by atoms with E-state index < -0.39 is 12.5 Å². The molecule has 0 bridgehead atoms. The number of carbonyl (C=O) groups excluding carboxylic acids is 2. The first kappa shape index (κ1) is 27.4. The van der Waals surface area contributed by atoms with Crippen molar-refractivity contribution in [2.24, 2.45) is 0 Å². The number of alkyl carbamates (subject to hydrolysis) is 1. The normalized spacial score (nSPS) is 17.4. The summed E-state index contributed by atoms with van der Waals surface area (Å²) in [7, 11) is 1.23. The summed E-state index contributed by atoms with van der Waals surface area (Å²) in [6.07, 6.45) is -1.13. The first-order valence-electron chi connectivity index (χ1n) is 11.7. The van der Waals surface area contributed by atoms with Crippen LogP contribution in [0.1, 0.15) is 23.9 Å². The molecule has 38 heavy (non-hydrogen) atoms. The number of benzene rings is 2. The molecule has 202 valence electrons. The zero-order chi connectivity index (χ0) is 27.4. The molecule has 1 aliphatic heterocycles. The highest BCUT2D eigenvalue weighted by Crippen LogP contribution is 2.37. The SMILES string of the molecule is COC(=O)NCC(=O)N1CC(SC)CC1c1ncc(-c2ccc(-c3ccc(C)cc3OC(F)(F)F)cc2)[nH]1. The molecule has 2 amide bonds. The fourth-order valence-corrected chi connectivity index (χ4v) is 5.07. The maximum atomic E-state index is 12.9. The van der Waals surface area contributed by atoms with Crippen molar-refractivity contribution in [2.75, 3.05) is 26.5 Å². The van der Waals surface area contributed by atoms with Gasteiger partial charge in [0.1, 0.15) is 18.1 Å². The highest BCUT2D eigenvalue weighted by molar-refractivity contribution is 7.99. The molecule has 0 spiro atoms. The van der Waals surface area contributed by atoms with Gasteiger partial charge in [-0.15, -0.1) is 13.2 Å². The fourth-order valence-electron chi connectivity index (χ4n) is 4.38. The van der Waals surface area contributed by atoms with Gasteiger partial charge in [0.25, 0.3) is 0 Å². The third kappa shape index (κ3) is 6.42. The number of likely N-dealkylation sites (tertiary alicyclic amines) is 1. The summed E-state index contributed by atoms with van der Waals surface area (Å²) in [5.41, 5.74) is 3.03. The molecule has 1 aromatic heterocycles. The molecular formula is C26H27F3N4O4S. The first-order chi connectivity index (χ1) is 18.1. The van der Waals surface area contributed by atoms with Crippen LogP contribution < -0.4 is 10.1 Å². The Balaban J connectivity index is 1.54. The van der Waals surface area contributed by atoms with Crippen molar-refractivity contribution in [3.05, 3.63) is 60.0 Å². The van der Waals surface area contributed by atoms with Crippen molar-refractivity contribution in [2.45, 2.75) is 31.0 Å². The second kappa shape index (κ2) is 11.4. The fraction of sp³-hybridized carbons (Fsp3) is 0.346. The Morgan fingerprint density at radius 3 is 2.55 bits per heavy atom. The number of rotatable bonds is 7. The van der Waals surface area contributed by atoms with Crippen molar-refractivity contribution in [3.8, 4) is 28.1 Å². The minimum Gasteiger partial charge on any atom is -0.453 e. The number of thioether (sulfide) groups is 1. The molecule has 1 aliphatic rings. The van der Waals surface area contributed by atoms with Crippen LogP contribution in [0.25, 0.3) is 22.4 Å². The Morgan fingerprint density at radius 2 is 1.89 bits per heavy atom. The van der Waals surface area contributed by atoms with Crippen LogP contribution in [0.5, 0.6) is 5.75 Å². The standard InChI is InChI=1S/C26H27F3N4O4S/c1-15-4-9-19(22(10-15)37-26(27,28)29)16-5-7-17(8-6-16)20-12-30-24(32-20)21-11-18(38-3)14-33(21)23(34)13-31-25(35)36-2/h4-10,12,18,21H,11,13-14H2,1-3H3,(H,30,32)(H,31,35). The van der Waals surface area contributed by atoms with Crippen LogP contribution in [0.4, 0.5) is 18.0 Å². The van der Waals surface area contributed by atoms with Gasteiger partial charge in [-0.05, 0) is 42.4 Å². The van der Waals surface area contributed by atoms with Gasteiger partial charge in [0.05, 0.1) is 25.0 Å². The van der Waals surface area contributed by atoms with E-state index in [-0.39, 0.29) is 29.5 Å². The van der Waals surface area contributed by atoms with Gasteiger partial charge in [0.2, 0.25) is 5.91 Å². The van der Waals surface area contributed by atoms with E-state index in [9.17, 15) is 22.8 Å². The lowest BCUT2D eigenvalue weighted by Gasteiger charge is -2.23. The molecule has 8 nitrogen and oxygen atoms in total. The Labute approximate surface area is 221 Å². The topological polar surface area (TPSA) is 96.6 Å². The summed E-state index contributed by atoms with van der Waals surface area (Å²) in [4.78, 5) is 33.7. The third-order valence-corrected chi connectivity index (χ3v) is 7.27. The van der Waals surface area contributed by atoms with E-state index in [0.29, 0.717) is 41.2 Å². The number of alkyl halides is 3. The van der Waals surface area contributed by atoms with Gasteiger partial charge in [-0.3, -0.25) is 4.79 Å². The number of hydrogen-bond acceptors (Lipinski definition) is 6. The van der Waals surface area contributed by atoms with E-state index in [0.717, 1.165) is 5.56 Å². The second-order valence-electron chi connectivity index (χ2n) is 8.81. The molecule has 1 fully saturated rings. The molecule has 2 unspecified atom stereocenters. The Morgan fingerprint density at radius 1 is 1.18 bits per heavy atom. The summed E-state index contributed by atoms with van der Waals surface area (Å²) in [5.74, 6) is 0.116. The molecule has 2 N–H and O–H groups in total. The van der Waals surface area contributed by atoms with Crippen LogP contribution in [0.2, 0.25) is 0 Å². The van der Waals surface area contributed by atoms with E-state index in [1.54, 1.807) is 66.2 Å². The van der Waals surface area contributed by atoms with Gasteiger partial charge in [0, 0.05) is 17.4 Å². The number of hydrogen-bond donors (Lipinski definition) is 2. The average molecular weight is 549 g/mol. The van der Waals surface area contributed by atoms with Crippen LogP contribution in [0.15, 0.2) is 48.7 Å². The lowest BCUT2D eigenvalue weighted by atomic mass is 10.0. The Bertz CT molecular complexity index is 1300. The zero-order valence-electron chi connectivity index (χ0n) is 21.0. The van der Waals surface area contributed by atoms with Crippen molar-refractivity contribution in [3.63, 3.8) is 0 Å². The average Bonchev–Trinajstić information content (AvgIpc) is 3.54. The van der Waals surface area contributed by atoms with Gasteiger partial charge in [0.15, 0.2) is 0 Å². The number of aryl methyl sites for hydroxylation is 1. The van der Waals surface area contributed by atoms with Crippen LogP contribution in [-0.2, 0) is 9.53 Å². The number of carbonyl (C=O) groups is 2. The molecule has 4 rings (SSSR count). The van der Waals surface area contributed by atoms with E-state index in [1.807, 2.05) is 6.26 Å². The van der Waals surface area contributed by atoms with Crippen molar-refractivity contribution < 1.29 is 32.2 Å².